The quantitative estimate of drug-likeness (QED) is 0.754. The van der Waals surface area contributed by atoms with Gasteiger partial charge >= 0.3 is 0 Å². The topological polar surface area (TPSA) is 12.0 Å². The monoisotopic (exact) mass is 191 g/mol. The minimum absolute atomic E-state index is 0.778. The summed E-state index contributed by atoms with van der Waals surface area (Å²) < 4.78 is 0. The van der Waals surface area contributed by atoms with Gasteiger partial charge in [-0.25, -0.2) is 0 Å². The molecule has 0 aliphatic rings. The first-order chi connectivity index (χ1) is 6.72. The zero-order valence-electron chi connectivity index (χ0n) is 9.51. The molecule has 0 fully saturated rings. The second kappa shape index (κ2) is 5.82. The fraction of sp³-hybridized carbons (Fsp3) is 0.538. The predicted molar refractivity (Wildman–Crippen MR) is 62.3 cm³/mol. The summed E-state index contributed by atoms with van der Waals surface area (Å²) in [7, 11) is 0. The lowest BCUT2D eigenvalue weighted by Gasteiger charge is -2.10. The highest BCUT2D eigenvalue weighted by Gasteiger charge is 1.97. The summed E-state index contributed by atoms with van der Waals surface area (Å²) in [5.41, 5.74) is 2.72. The summed E-state index contributed by atoms with van der Waals surface area (Å²) in [5, 5.41) is 3.48. The van der Waals surface area contributed by atoms with E-state index in [0.717, 1.165) is 19.0 Å². The molecule has 1 atom stereocenters. The maximum absolute atomic E-state index is 3.48. The largest absolute Gasteiger partial charge is 0.312 e. The zero-order valence-corrected chi connectivity index (χ0v) is 9.51. The van der Waals surface area contributed by atoms with Crippen LogP contribution >= 0.6 is 0 Å². The molecule has 1 nitrogen and oxygen atoms in total. The molecule has 0 bridgehead atoms. The molecule has 14 heavy (non-hydrogen) atoms. The Bertz CT molecular complexity index is 268. The van der Waals surface area contributed by atoms with Gasteiger partial charge in [0, 0.05) is 6.54 Å². The van der Waals surface area contributed by atoms with E-state index in [1.54, 1.807) is 0 Å². The Hall–Kier alpha value is -0.820. The lowest BCUT2D eigenvalue weighted by atomic mass is 10.1. The SMILES string of the molecule is CCC(C)CNCc1cccc(C)c1. The molecule has 0 aliphatic heterocycles. The van der Waals surface area contributed by atoms with Crippen molar-refractivity contribution < 1.29 is 0 Å². The lowest BCUT2D eigenvalue weighted by molar-refractivity contribution is 0.500. The van der Waals surface area contributed by atoms with Gasteiger partial charge in [0.05, 0.1) is 0 Å². The van der Waals surface area contributed by atoms with E-state index in [0.29, 0.717) is 0 Å². The number of rotatable bonds is 5. The van der Waals surface area contributed by atoms with Crippen LogP contribution in [0.5, 0.6) is 0 Å². The molecule has 78 valence electrons. The van der Waals surface area contributed by atoms with E-state index in [2.05, 4.69) is 50.4 Å². The van der Waals surface area contributed by atoms with Crippen LogP contribution in [0.4, 0.5) is 0 Å². The third-order valence-corrected chi connectivity index (χ3v) is 2.60. The van der Waals surface area contributed by atoms with E-state index in [9.17, 15) is 0 Å². The first kappa shape index (κ1) is 11.3. The van der Waals surface area contributed by atoms with E-state index >= 15 is 0 Å². The summed E-state index contributed by atoms with van der Waals surface area (Å²) in [5.74, 6) is 0.778. The highest BCUT2D eigenvalue weighted by molar-refractivity contribution is 5.21. The fourth-order valence-electron chi connectivity index (χ4n) is 1.43. The van der Waals surface area contributed by atoms with Crippen LogP contribution in [0.3, 0.4) is 0 Å². The highest BCUT2D eigenvalue weighted by Crippen LogP contribution is 2.04. The average molecular weight is 191 g/mol. The molecule has 0 saturated carbocycles. The van der Waals surface area contributed by atoms with Crippen LogP contribution in [0.2, 0.25) is 0 Å². The van der Waals surface area contributed by atoms with Crippen molar-refractivity contribution in [1.82, 2.24) is 5.32 Å². The van der Waals surface area contributed by atoms with E-state index in [1.165, 1.54) is 17.5 Å². The standard InChI is InChI=1S/C13H21N/c1-4-11(2)9-14-10-13-7-5-6-12(3)8-13/h5-8,11,14H,4,9-10H2,1-3H3. The number of hydrogen-bond acceptors (Lipinski definition) is 1. The van der Waals surface area contributed by atoms with Crippen LogP contribution in [0.15, 0.2) is 24.3 Å². The van der Waals surface area contributed by atoms with Crippen LogP contribution in [0.25, 0.3) is 0 Å². The van der Waals surface area contributed by atoms with Crippen LogP contribution in [-0.4, -0.2) is 6.54 Å². The zero-order chi connectivity index (χ0) is 10.4. The lowest BCUT2D eigenvalue weighted by Crippen LogP contribution is -2.20. The van der Waals surface area contributed by atoms with Crippen LogP contribution in [0.1, 0.15) is 31.4 Å². The smallest absolute Gasteiger partial charge is 0.0205 e. The minimum Gasteiger partial charge on any atom is -0.312 e. The number of aryl methyl sites for hydroxylation is 1. The Labute approximate surface area is 87.5 Å². The Morgan fingerprint density at radius 3 is 2.79 bits per heavy atom. The Kier molecular flexibility index (Phi) is 4.68. The summed E-state index contributed by atoms with van der Waals surface area (Å²) in [6.45, 7) is 8.76. The van der Waals surface area contributed by atoms with Gasteiger partial charge in [0.15, 0.2) is 0 Å². The average Bonchev–Trinajstić information content (AvgIpc) is 2.17. The van der Waals surface area contributed by atoms with E-state index in [-0.39, 0.29) is 0 Å². The predicted octanol–water partition coefficient (Wildman–Crippen LogP) is 3.13. The molecule has 0 radical (unpaired) electrons. The van der Waals surface area contributed by atoms with Crippen LogP contribution in [-0.2, 0) is 6.54 Å². The molecule has 0 heterocycles. The van der Waals surface area contributed by atoms with E-state index < -0.39 is 0 Å². The van der Waals surface area contributed by atoms with Gasteiger partial charge in [-0.2, -0.15) is 0 Å². The highest BCUT2D eigenvalue weighted by atomic mass is 14.8. The summed E-state index contributed by atoms with van der Waals surface area (Å²) in [4.78, 5) is 0. The summed E-state index contributed by atoms with van der Waals surface area (Å²) >= 11 is 0. The van der Waals surface area contributed by atoms with Crippen molar-refractivity contribution in [3.05, 3.63) is 35.4 Å². The van der Waals surface area contributed by atoms with E-state index in [1.807, 2.05) is 0 Å². The molecular formula is C13H21N. The normalized spacial score (nSPS) is 12.8. The van der Waals surface area contributed by atoms with Gasteiger partial charge in [0.25, 0.3) is 0 Å². The van der Waals surface area contributed by atoms with Crippen molar-refractivity contribution in [3.63, 3.8) is 0 Å². The molecule has 0 saturated heterocycles. The minimum atomic E-state index is 0.778. The molecule has 0 spiro atoms. The van der Waals surface area contributed by atoms with Gasteiger partial charge in [0.2, 0.25) is 0 Å². The van der Waals surface area contributed by atoms with E-state index in [4.69, 9.17) is 0 Å². The Balaban J connectivity index is 2.31. The fourth-order valence-corrected chi connectivity index (χ4v) is 1.43. The van der Waals surface area contributed by atoms with Crippen LogP contribution in [0, 0.1) is 12.8 Å². The van der Waals surface area contributed by atoms with Gasteiger partial charge in [-0.15, -0.1) is 0 Å². The third-order valence-electron chi connectivity index (χ3n) is 2.60. The van der Waals surface area contributed by atoms with Gasteiger partial charge in [-0.3, -0.25) is 0 Å². The second-order valence-corrected chi connectivity index (χ2v) is 4.13. The summed E-state index contributed by atoms with van der Waals surface area (Å²) in [6.07, 6.45) is 1.25. The van der Waals surface area contributed by atoms with Crippen molar-refractivity contribution in [1.29, 1.82) is 0 Å². The van der Waals surface area contributed by atoms with Gasteiger partial charge < -0.3 is 5.32 Å². The first-order valence-electron chi connectivity index (χ1n) is 5.48. The third kappa shape index (κ3) is 3.93. The van der Waals surface area contributed by atoms with Gasteiger partial charge in [-0.1, -0.05) is 50.1 Å². The van der Waals surface area contributed by atoms with Gasteiger partial charge in [-0.05, 0) is 24.9 Å². The van der Waals surface area contributed by atoms with Crippen molar-refractivity contribution in [3.8, 4) is 0 Å². The molecule has 1 aromatic carbocycles. The number of hydrogen-bond donors (Lipinski definition) is 1. The Morgan fingerprint density at radius 2 is 2.14 bits per heavy atom. The van der Waals surface area contributed by atoms with Gasteiger partial charge in [0.1, 0.15) is 0 Å². The number of nitrogens with one attached hydrogen (secondary N) is 1. The maximum atomic E-state index is 3.48. The first-order valence-corrected chi connectivity index (χ1v) is 5.48. The second-order valence-electron chi connectivity index (χ2n) is 4.13. The van der Waals surface area contributed by atoms with Crippen molar-refractivity contribution in [2.45, 2.75) is 33.7 Å². The summed E-state index contributed by atoms with van der Waals surface area (Å²) in [6, 6.07) is 8.67. The molecule has 0 amide bonds. The molecule has 1 unspecified atom stereocenters. The molecule has 0 aliphatic carbocycles. The molecule has 1 N–H and O–H groups in total. The molecular weight excluding hydrogens is 170 g/mol. The maximum Gasteiger partial charge on any atom is 0.0205 e. The molecule has 1 rings (SSSR count). The molecule has 0 aromatic heterocycles. The van der Waals surface area contributed by atoms with Crippen molar-refractivity contribution in [2.24, 2.45) is 5.92 Å². The number of benzene rings is 1. The van der Waals surface area contributed by atoms with Crippen molar-refractivity contribution in [2.75, 3.05) is 6.54 Å². The Morgan fingerprint density at radius 1 is 1.36 bits per heavy atom. The molecule has 1 aromatic rings. The van der Waals surface area contributed by atoms with Crippen molar-refractivity contribution >= 4 is 0 Å². The van der Waals surface area contributed by atoms with Crippen LogP contribution < -0.4 is 5.32 Å². The molecule has 1 heteroatoms.